The second-order valence-electron chi connectivity index (χ2n) is 9.93. The van der Waals surface area contributed by atoms with Crippen molar-refractivity contribution in [2.45, 2.75) is 132 Å². The molecule has 0 aliphatic carbocycles. The Hall–Kier alpha value is -0.0313. The number of unbranched alkanes of at least 4 members (excludes halogenated alkanes) is 3. The monoisotopic (exact) mass is 532 g/mol. The number of hydrogen-bond donors (Lipinski definition) is 1. The molecule has 0 unspecified atom stereocenters. The summed E-state index contributed by atoms with van der Waals surface area (Å²) in [5, 5.41) is 10.2. The molecule has 0 fully saturated rings. The molecule has 0 aromatic heterocycles. The molecule has 0 rings (SSSR count). The van der Waals surface area contributed by atoms with E-state index in [0.717, 1.165) is 6.42 Å². The molecule has 178 valence electrons. The third-order valence-electron chi connectivity index (χ3n) is 6.34. The second kappa shape index (κ2) is 17.5. The zero-order chi connectivity index (χ0) is 23.0. The molecule has 0 radical (unpaired) electrons. The molecule has 0 amide bonds. The summed E-state index contributed by atoms with van der Waals surface area (Å²) >= 11 is -2.24. The average molecular weight is 531 g/mol. The van der Waals surface area contributed by atoms with E-state index in [-0.39, 0.29) is 23.9 Å². The predicted octanol–water partition coefficient (Wildman–Crippen LogP) is 7.69. The number of ether oxygens (including phenoxy) is 1. The molecule has 30 heavy (non-hydrogen) atoms. The van der Waals surface area contributed by atoms with Crippen LogP contribution in [-0.4, -0.2) is 41.7 Å². The topological polar surface area (TPSA) is 46.5 Å². The van der Waals surface area contributed by atoms with Crippen molar-refractivity contribution in [2.75, 3.05) is 0 Å². The predicted molar refractivity (Wildman–Crippen MR) is 133 cm³/mol. The number of carbonyl (C=O) groups is 1. The summed E-state index contributed by atoms with van der Waals surface area (Å²) in [6.45, 7) is 15.0. The molecule has 0 spiro atoms. The first kappa shape index (κ1) is 30.0. The molecule has 0 bridgehead atoms. The van der Waals surface area contributed by atoms with Crippen molar-refractivity contribution in [3.63, 3.8) is 0 Å². The van der Waals surface area contributed by atoms with E-state index in [1.165, 1.54) is 51.8 Å². The fourth-order valence-electron chi connectivity index (χ4n) is 3.94. The molecule has 3 nitrogen and oxygen atoms in total. The van der Waals surface area contributed by atoms with Gasteiger partial charge in [-0.1, -0.05) is 0 Å². The molecule has 0 heterocycles. The molecule has 0 saturated heterocycles. The van der Waals surface area contributed by atoms with Gasteiger partial charge in [0.2, 0.25) is 0 Å². The molecule has 0 aliphatic rings. The molecule has 1 N–H and O–H groups in total. The Morgan fingerprint density at radius 3 is 1.80 bits per heavy atom. The summed E-state index contributed by atoms with van der Waals surface area (Å²) in [7, 11) is 0. The molecule has 0 aliphatic heterocycles. The zero-order valence-electron chi connectivity index (χ0n) is 21.2. The van der Waals surface area contributed by atoms with Crippen LogP contribution in [-0.2, 0) is 9.53 Å². The summed E-state index contributed by atoms with van der Waals surface area (Å²) in [6, 6.07) is 0. The van der Waals surface area contributed by atoms with Gasteiger partial charge in [-0.3, -0.25) is 0 Å². The van der Waals surface area contributed by atoms with Gasteiger partial charge in [0, 0.05) is 0 Å². The van der Waals surface area contributed by atoms with E-state index in [1.807, 2.05) is 13.8 Å². The number of carbonyl (C=O) groups excluding carboxylic acids is 1. The Morgan fingerprint density at radius 1 is 0.900 bits per heavy atom. The summed E-state index contributed by atoms with van der Waals surface area (Å²) < 4.78 is 12.8. The van der Waals surface area contributed by atoms with Gasteiger partial charge in [-0.05, 0) is 0 Å². The van der Waals surface area contributed by atoms with Gasteiger partial charge in [0.15, 0.2) is 0 Å². The molecular weight excluding hydrogens is 479 g/mol. The van der Waals surface area contributed by atoms with Crippen LogP contribution in [0.4, 0.5) is 0 Å². The van der Waals surface area contributed by atoms with Crippen molar-refractivity contribution in [3.05, 3.63) is 10.2 Å². The van der Waals surface area contributed by atoms with Gasteiger partial charge in [-0.15, -0.1) is 0 Å². The van der Waals surface area contributed by atoms with Gasteiger partial charge in [0.25, 0.3) is 0 Å². The first-order valence-electron chi connectivity index (χ1n) is 12.8. The van der Waals surface area contributed by atoms with Crippen LogP contribution in [0.3, 0.4) is 0 Å². The van der Waals surface area contributed by atoms with E-state index in [9.17, 15) is 9.90 Å². The quantitative estimate of drug-likeness (QED) is 0.146. The van der Waals surface area contributed by atoms with Crippen molar-refractivity contribution < 1.29 is 14.6 Å². The first-order valence-corrected chi connectivity index (χ1v) is 20.5. The summed E-state index contributed by atoms with van der Waals surface area (Å²) in [5.74, 6) is 0.285. The molecule has 0 aromatic rings. The number of aliphatic hydroxyl groups excluding tert-OH is 1. The van der Waals surface area contributed by atoms with Crippen LogP contribution < -0.4 is 0 Å². The number of esters is 1. The Kier molecular flexibility index (Phi) is 17.5. The second-order valence-corrected chi connectivity index (χ2v) is 22.9. The third-order valence-corrected chi connectivity index (χ3v) is 20.6. The molecular formula is C26H52O3Sn. The van der Waals surface area contributed by atoms with Crippen molar-refractivity contribution in [2.24, 2.45) is 11.8 Å². The van der Waals surface area contributed by atoms with Crippen LogP contribution in [0.5, 0.6) is 0 Å². The van der Waals surface area contributed by atoms with Gasteiger partial charge in [-0.2, -0.15) is 0 Å². The fourth-order valence-corrected chi connectivity index (χ4v) is 18.5. The van der Waals surface area contributed by atoms with Gasteiger partial charge in [0.05, 0.1) is 0 Å². The molecule has 2 atom stereocenters. The number of rotatable bonds is 18. The van der Waals surface area contributed by atoms with Crippen LogP contribution in [0.15, 0.2) is 10.2 Å². The summed E-state index contributed by atoms with van der Waals surface area (Å²) in [6.07, 6.45) is 11.4. The van der Waals surface area contributed by atoms with Crippen molar-refractivity contribution in [1.82, 2.24) is 0 Å². The van der Waals surface area contributed by atoms with E-state index < -0.39 is 24.5 Å². The molecule has 0 aromatic carbocycles. The van der Waals surface area contributed by atoms with Gasteiger partial charge >= 0.3 is 193 Å². The maximum absolute atomic E-state index is 12.4. The molecule has 4 heteroatoms. The minimum absolute atomic E-state index is 0.120. The minimum atomic E-state index is -2.24. The Bertz CT molecular complexity index is 437. The van der Waals surface area contributed by atoms with Crippen LogP contribution in [0.2, 0.25) is 13.3 Å². The molecule has 0 saturated carbocycles. The van der Waals surface area contributed by atoms with E-state index in [0.29, 0.717) is 12.8 Å². The van der Waals surface area contributed by atoms with E-state index in [2.05, 4.69) is 44.8 Å². The van der Waals surface area contributed by atoms with Crippen molar-refractivity contribution in [1.29, 1.82) is 0 Å². The normalized spacial score (nSPS) is 14.6. The fraction of sp³-hybridized carbons (Fsp3) is 0.885. The average Bonchev–Trinajstić information content (AvgIpc) is 2.71. The first-order chi connectivity index (χ1) is 14.2. The zero-order valence-corrected chi connectivity index (χ0v) is 24.1. The van der Waals surface area contributed by atoms with Crippen LogP contribution >= 0.6 is 0 Å². The van der Waals surface area contributed by atoms with Crippen LogP contribution in [0, 0.1) is 11.8 Å². The summed E-state index contributed by atoms with van der Waals surface area (Å²) in [4.78, 5) is 12.4. The van der Waals surface area contributed by atoms with Crippen molar-refractivity contribution in [3.8, 4) is 0 Å². The Labute approximate surface area is 192 Å². The number of hydrogen-bond acceptors (Lipinski definition) is 3. The SMILES string of the molecule is CCC[CH2][Sn](/[CH]=C/CCC(=O)O[C@@H](C[C@H](O)C(C)C)C(C)C)([CH2]CCC)[CH2]CCC. The van der Waals surface area contributed by atoms with Gasteiger partial charge < -0.3 is 0 Å². The summed E-state index contributed by atoms with van der Waals surface area (Å²) in [5.41, 5.74) is 0. The van der Waals surface area contributed by atoms with Crippen molar-refractivity contribution >= 4 is 24.3 Å². The van der Waals surface area contributed by atoms with E-state index >= 15 is 0 Å². The van der Waals surface area contributed by atoms with E-state index in [4.69, 9.17) is 4.74 Å². The van der Waals surface area contributed by atoms with Crippen LogP contribution in [0.1, 0.15) is 106 Å². The van der Waals surface area contributed by atoms with Gasteiger partial charge in [0.1, 0.15) is 0 Å². The third kappa shape index (κ3) is 13.4. The standard InChI is InChI=1S/C14H25O3.3C4H9.Sn/c1-6-7-8-14(16)17-13(11(4)5)9-12(15)10(2)3;3*1-3-4-2;/h1,6,10-13,15H,7-9H2,2-5H3;3*1,3-4H2,2H3;/t12-,13-;;;;/m0..../s1. The maximum atomic E-state index is 12.4. The van der Waals surface area contributed by atoms with Gasteiger partial charge in [-0.25, -0.2) is 0 Å². The van der Waals surface area contributed by atoms with Crippen LogP contribution in [0.25, 0.3) is 0 Å². The number of aliphatic hydroxyl groups is 1. The Balaban J connectivity index is 4.85. The van der Waals surface area contributed by atoms with E-state index in [1.54, 1.807) is 0 Å². The number of allylic oxidation sites excluding steroid dienone is 1. The Morgan fingerprint density at radius 2 is 1.40 bits per heavy atom.